The zero-order valence-corrected chi connectivity index (χ0v) is 21.5. The van der Waals surface area contributed by atoms with Gasteiger partial charge in [-0.2, -0.15) is 13.2 Å². The van der Waals surface area contributed by atoms with Gasteiger partial charge in [-0.3, -0.25) is 9.59 Å². The number of rotatable bonds is 7. The number of halogens is 3. The van der Waals surface area contributed by atoms with Crippen molar-refractivity contribution in [2.24, 2.45) is 11.7 Å². The topological polar surface area (TPSA) is 161 Å². The molecule has 2 unspecified atom stereocenters. The van der Waals surface area contributed by atoms with Gasteiger partial charge in [0.2, 0.25) is 11.8 Å². The third-order valence-corrected chi connectivity index (χ3v) is 6.97. The molecule has 5 rings (SSSR count). The zero-order chi connectivity index (χ0) is 28.9. The fourth-order valence-electron chi connectivity index (χ4n) is 4.81. The lowest BCUT2D eigenvalue weighted by molar-refractivity contribution is -0.142. The number of pyridine rings is 1. The van der Waals surface area contributed by atoms with Gasteiger partial charge in [0.25, 0.3) is 5.91 Å². The molecule has 40 heavy (non-hydrogen) atoms. The molecule has 1 aliphatic carbocycles. The van der Waals surface area contributed by atoms with Crippen LogP contribution in [0.3, 0.4) is 0 Å². The predicted octanol–water partition coefficient (Wildman–Crippen LogP) is 3.13. The molecule has 0 radical (unpaired) electrons. The number of aromatic nitrogens is 2. The number of nitrogens with two attached hydrogens (primary N) is 1. The van der Waals surface area contributed by atoms with Crippen LogP contribution in [-0.2, 0) is 15.8 Å². The van der Waals surface area contributed by atoms with Crippen molar-refractivity contribution in [1.29, 1.82) is 0 Å². The summed E-state index contributed by atoms with van der Waals surface area (Å²) in [7, 11) is 1.29. The Morgan fingerprint density at radius 2 is 1.93 bits per heavy atom. The third kappa shape index (κ3) is 5.06. The van der Waals surface area contributed by atoms with E-state index < -0.39 is 41.9 Å². The van der Waals surface area contributed by atoms with E-state index in [4.69, 9.17) is 14.9 Å². The normalized spacial score (nSPS) is 20.0. The van der Waals surface area contributed by atoms with Crippen LogP contribution in [0.4, 0.5) is 13.2 Å². The number of hydrogen-bond donors (Lipinski definition) is 3. The Morgan fingerprint density at radius 1 is 1.20 bits per heavy atom. The molecule has 2 aromatic heterocycles. The Balaban J connectivity index is 1.53. The first-order valence-corrected chi connectivity index (χ1v) is 12.5. The largest absolute Gasteiger partial charge is 0.494 e. The van der Waals surface area contributed by atoms with E-state index in [2.05, 4.69) is 15.3 Å². The van der Waals surface area contributed by atoms with E-state index in [0.29, 0.717) is 0 Å². The lowest BCUT2D eigenvalue weighted by Crippen LogP contribution is -2.42. The fourth-order valence-corrected chi connectivity index (χ4v) is 4.81. The molecule has 1 saturated heterocycles. The summed E-state index contributed by atoms with van der Waals surface area (Å²) in [6, 6.07) is 2.30. The molecule has 11 nitrogen and oxygen atoms in total. The van der Waals surface area contributed by atoms with Gasteiger partial charge in [0.05, 0.1) is 13.2 Å². The first-order valence-electron chi connectivity index (χ1n) is 12.5. The van der Waals surface area contributed by atoms with Gasteiger partial charge in [-0.05, 0) is 44.0 Å². The maximum atomic E-state index is 13.6. The van der Waals surface area contributed by atoms with Crippen LogP contribution in [0.1, 0.15) is 54.2 Å². The molecule has 14 heteroatoms. The average molecular weight is 562 g/mol. The molecular formula is C26H26F3N5O6. The van der Waals surface area contributed by atoms with Crippen molar-refractivity contribution < 1.29 is 41.8 Å². The van der Waals surface area contributed by atoms with Crippen molar-refractivity contribution in [2.75, 3.05) is 13.7 Å². The number of aliphatic carboxylic acids is 1. The number of amides is 2. The van der Waals surface area contributed by atoms with Gasteiger partial charge < -0.3 is 30.2 Å². The number of methoxy groups -OCH3 is 1. The predicted molar refractivity (Wildman–Crippen MR) is 133 cm³/mol. The van der Waals surface area contributed by atoms with Gasteiger partial charge >= 0.3 is 12.1 Å². The van der Waals surface area contributed by atoms with E-state index in [-0.39, 0.29) is 64.4 Å². The minimum absolute atomic E-state index is 0.0219. The van der Waals surface area contributed by atoms with Crippen molar-refractivity contribution in [2.45, 2.75) is 50.5 Å². The minimum Gasteiger partial charge on any atom is -0.494 e. The van der Waals surface area contributed by atoms with E-state index in [0.717, 1.165) is 23.8 Å². The van der Waals surface area contributed by atoms with Crippen LogP contribution in [-0.4, -0.2) is 63.5 Å². The number of carbonyl (C=O) groups is 3. The Labute approximate surface area is 225 Å². The molecule has 1 aliphatic heterocycles. The molecule has 1 saturated carbocycles. The monoisotopic (exact) mass is 561 g/mol. The van der Waals surface area contributed by atoms with Gasteiger partial charge in [-0.1, -0.05) is 0 Å². The highest BCUT2D eigenvalue weighted by molar-refractivity contribution is 5.99. The van der Waals surface area contributed by atoms with Gasteiger partial charge in [-0.15, -0.1) is 0 Å². The fraction of sp³-hybridized carbons (Fsp3) is 0.423. The van der Waals surface area contributed by atoms with Crippen LogP contribution in [0, 0.1) is 5.92 Å². The number of ether oxygens (including phenoxy) is 1. The van der Waals surface area contributed by atoms with E-state index >= 15 is 0 Å². The molecule has 2 aliphatic rings. The number of benzene rings is 1. The minimum atomic E-state index is -4.69. The Bertz CT molecular complexity index is 1500. The molecule has 3 atom stereocenters. The maximum Gasteiger partial charge on any atom is 0.433 e. The number of carbonyl (C=O) groups excluding carboxylic acids is 2. The molecule has 4 N–H and O–H groups in total. The van der Waals surface area contributed by atoms with Crippen LogP contribution in [0.25, 0.3) is 22.4 Å². The zero-order valence-electron chi connectivity index (χ0n) is 21.5. The second-order valence-electron chi connectivity index (χ2n) is 9.95. The first kappa shape index (κ1) is 27.4. The summed E-state index contributed by atoms with van der Waals surface area (Å²) in [6.07, 6.45) is -3.12. The number of nitrogens with zero attached hydrogens (tertiary/aromatic N) is 3. The number of alkyl halides is 3. The standard InChI is InChI=1S/C26H26F3N5O6/c1-11(30)21-20(24(36)34-10-13(9-16(34)25(37)38)31-22(35)12-3-4-12)33-23(40-21)15-5-7-17(39-2)19-14(15)6-8-18(32-19)26(27,28)29/h5-8,11-13,16H,3-4,9-10,30H2,1-2H3,(H,31,35)(H,37,38)/t11?,13?,16-/m0/s1. The highest BCUT2D eigenvalue weighted by Gasteiger charge is 2.43. The Kier molecular flexibility index (Phi) is 6.90. The maximum absolute atomic E-state index is 13.6. The molecule has 212 valence electrons. The molecule has 3 aromatic rings. The van der Waals surface area contributed by atoms with Crippen molar-refractivity contribution >= 4 is 28.7 Å². The second-order valence-corrected chi connectivity index (χ2v) is 9.95. The number of likely N-dealkylation sites (tertiary alicyclic amines) is 1. The van der Waals surface area contributed by atoms with E-state index in [9.17, 15) is 32.7 Å². The van der Waals surface area contributed by atoms with E-state index in [1.54, 1.807) is 6.92 Å². The van der Waals surface area contributed by atoms with Gasteiger partial charge in [0.15, 0.2) is 11.5 Å². The number of hydrogen-bond acceptors (Lipinski definition) is 8. The highest BCUT2D eigenvalue weighted by Crippen LogP contribution is 2.38. The molecule has 0 spiro atoms. The van der Waals surface area contributed by atoms with Gasteiger partial charge in [0.1, 0.15) is 23.0 Å². The highest BCUT2D eigenvalue weighted by atomic mass is 19.4. The summed E-state index contributed by atoms with van der Waals surface area (Å²) in [5.74, 6) is -2.31. The molecule has 2 amide bonds. The molecular weight excluding hydrogens is 535 g/mol. The van der Waals surface area contributed by atoms with Gasteiger partial charge in [-0.25, -0.2) is 14.8 Å². The molecule has 1 aromatic carbocycles. The number of oxazole rings is 1. The summed E-state index contributed by atoms with van der Waals surface area (Å²) in [6.45, 7) is 1.49. The molecule has 0 bridgehead atoms. The third-order valence-electron chi connectivity index (χ3n) is 6.97. The van der Waals surface area contributed by atoms with Crippen LogP contribution < -0.4 is 15.8 Å². The number of carboxylic acids is 1. The summed E-state index contributed by atoms with van der Waals surface area (Å²) < 4.78 is 51.0. The Hall–Kier alpha value is -4.20. The van der Waals surface area contributed by atoms with Crippen molar-refractivity contribution in [3.8, 4) is 17.2 Å². The summed E-state index contributed by atoms with van der Waals surface area (Å²) >= 11 is 0. The van der Waals surface area contributed by atoms with Gasteiger partial charge in [0, 0.05) is 35.9 Å². The lowest BCUT2D eigenvalue weighted by Gasteiger charge is -2.21. The average Bonchev–Trinajstić information content (AvgIpc) is 3.52. The first-order chi connectivity index (χ1) is 18.9. The van der Waals surface area contributed by atoms with Crippen molar-refractivity contribution in [3.63, 3.8) is 0 Å². The Morgan fingerprint density at radius 3 is 2.52 bits per heavy atom. The SMILES string of the molecule is COc1ccc(-c2nc(C(=O)N3CC(NC(=O)C4CC4)C[C@H]3C(=O)O)c(C(C)N)o2)c2ccc(C(F)(F)F)nc12. The number of carboxylic acid groups (broad SMARTS) is 1. The second kappa shape index (κ2) is 10.1. The van der Waals surface area contributed by atoms with E-state index in [1.807, 2.05) is 0 Å². The van der Waals surface area contributed by atoms with Crippen LogP contribution >= 0.6 is 0 Å². The lowest BCUT2D eigenvalue weighted by atomic mass is 10.1. The number of nitrogens with one attached hydrogen (secondary N) is 1. The number of fused-ring (bicyclic) bond motifs is 1. The van der Waals surface area contributed by atoms with Crippen molar-refractivity contribution in [3.05, 3.63) is 41.4 Å². The molecule has 2 fully saturated rings. The van der Waals surface area contributed by atoms with Crippen molar-refractivity contribution in [1.82, 2.24) is 20.2 Å². The van der Waals surface area contributed by atoms with Crippen LogP contribution in [0.2, 0.25) is 0 Å². The summed E-state index contributed by atoms with van der Waals surface area (Å²) in [4.78, 5) is 47.0. The summed E-state index contributed by atoms with van der Waals surface area (Å²) in [5.41, 5.74) is 4.85. The smallest absolute Gasteiger partial charge is 0.433 e. The quantitative estimate of drug-likeness (QED) is 0.394. The summed E-state index contributed by atoms with van der Waals surface area (Å²) in [5, 5.41) is 12.8. The van der Waals surface area contributed by atoms with E-state index in [1.165, 1.54) is 25.3 Å². The van der Waals surface area contributed by atoms with Crippen LogP contribution in [0.15, 0.2) is 28.7 Å². The van der Waals surface area contributed by atoms with Crippen LogP contribution in [0.5, 0.6) is 5.75 Å². The molecule has 3 heterocycles.